The first-order valence-corrected chi connectivity index (χ1v) is 12.7. The highest BCUT2D eigenvalue weighted by atomic mass is 16.4. The van der Waals surface area contributed by atoms with Gasteiger partial charge in [-0.3, -0.25) is 4.79 Å². The second-order valence-corrected chi connectivity index (χ2v) is 10.3. The van der Waals surface area contributed by atoms with E-state index in [4.69, 9.17) is 5.11 Å². The van der Waals surface area contributed by atoms with Crippen LogP contribution in [-0.2, 0) is 4.79 Å². The number of carboxylic acid groups (broad SMARTS) is 1. The minimum Gasteiger partial charge on any atom is -0.481 e. The van der Waals surface area contributed by atoms with Crippen molar-refractivity contribution in [1.82, 2.24) is 4.90 Å². The number of hydrogen-bond donors (Lipinski definition) is 1. The molecule has 29 heavy (non-hydrogen) atoms. The molecule has 1 fully saturated rings. The van der Waals surface area contributed by atoms with Gasteiger partial charge in [0, 0.05) is 12.0 Å². The number of hydrogen-bond acceptors (Lipinski definition) is 2. The lowest BCUT2D eigenvalue weighted by Crippen LogP contribution is -2.54. The first-order chi connectivity index (χ1) is 13.8. The summed E-state index contributed by atoms with van der Waals surface area (Å²) in [5, 5.41) is 8.95. The number of carbonyl (C=O) groups is 1. The van der Waals surface area contributed by atoms with E-state index in [2.05, 4.69) is 39.6 Å². The molecule has 1 heterocycles. The van der Waals surface area contributed by atoms with Crippen molar-refractivity contribution < 1.29 is 9.90 Å². The van der Waals surface area contributed by atoms with Crippen molar-refractivity contribution in [3.8, 4) is 0 Å². The molecule has 0 aromatic rings. The lowest BCUT2D eigenvalue weighted by molar-refractivity contribution is -0.137. The van der Waals surface area contributed by atoms with Crippen LogP contribution in [0.25, 0.3) is 0 Å². The van der Waals surface area contributed by atoms with Gasteiger partial charge in [0.05, 0.1) is 0 Å². The third-order valence-electron chi connectivity index (χ3n) is 8.04. The maximum absolute atomic E-state index is 10.9. The third kappa shape index (κ3) is 9.85. The van der Waals surface area contributed by atoms with Crippen LogP contribution in [0.1, 0.15) is 124 Å². The van der Waals surface area contributed by atoms with E-state index < -0.39 is 5.97 Å². The maximum atomic E-state index is 10.9. The van der Waals surface area contributed by atoms with E-state index in [0.29, 0.717) is 12.3 Å². The molecule has 0 spiro atoms. The number of piperidine rings is 1. The van der Waals surface area contributed by atoms with Crippen LogP contribution < -0.4 is 0 Å². The normalized spacial score (nSPS) is 23.2. The second kappa shape index (κ2) is 14.4. The largest absolute Gasteiger partial charge is 0.481 e. The molecule has 3 unspecified atom stereocenters. The van der Waals surface area contributed by atoms with Crippen LogP contribution in [0.15, 0.2) is 0 Å². The molecule has 1 aliphatic heterocycles. The van der Waals surface area contributed by atoms with E-state index in [1.807, 2.05) is 0 Å². The van der Waals surface area contributed by atoms with Crippen LogP contribution in [0.4, 0.5) is 0 Å². The summed E-state index contributed by atoms with van der Waals surface area (Å²) in [6, 6.07) is 0. The molecule has 1 aliphatic rings. The molecule has 0 bridgehead atoms. The van der Waals surface area contributed by atoms with E-state index >= 15 is 0 Å². The predicted molar refractivity (Wildman–Crippen MR) is 125 cm³/mol. The minimum absolute atomic E-state index is 0.265. The molecule has 3 nitrogen and oxygen atoms in total. The van der Waals surface area contributed by atoms with E-state index in [1.54, 1.807) is 0 Å². The lowest BCUT2D eigenvalue weighted by atomic mass is 9.66. The van der Waals surface area contributed by atoms with Crippen LogP contribution in [-0.4, -0.2) is 35.1 Å². The van der Waals surface area contributed by atoms with Gasteiger partial charge in [-0.15, -0.1) is 0 Å². The number of carboxylic acids is 1. The third-order valence-corrected chi connectivity index (χ3v) is 8.04. The highest BCUT2D eigenvalue weighted by molar-refractivity contribution is 5.66. The van der Waals surface area contributed by atoms with Gasteiger partial charge in [-0.25, -0.2) is 0 Å². The van der Waals surface area contributed by atoms with Gasteiger partial charge in [-0.2, -0.15) is 0 Å². The average molecular weight is 410 g/mol. The molecule has 3 heteroatoms. The summed E-state index contributed by atoms with van der Waals surface area (Å²) in [6.45, 7) is 10.8. The summed E-state index contributed by atoms with van der Waals surface area (Å²) < 4.78 is 0. The monoisotopic (exact) mass is 409 g/mol. The van der Waals surface area contributed by atoms with Gasteiger partial charge in [0.25, 0.3) is 0 Å². The summed E-state index contributed by atoms with van der Waals surface area (Å²) in [5.41, 5.74) is 0.265. The standard InChI is InChI=1S/C26H51NO2/c1-6-7-8-9-10-11-12-13-14-17-23(18-15-16-19-25(28)29)24-20-21-27(5)26(3,4)22(24)2/h22-24H,6-21H2,1-5H3,(H,28,29). The Kier molecular flexibility index (Phi) is 13.2. The number of likely N-dealkylation sites (tertiary alicyclic amines) is 1. The van der Waals surface area contributed by atoms with Crippen molar-refractivity contribution in [3.05, 3.63) is 0 Å². The van der Waals surface area contributed by atoms with Crippen molar-refractivity contribution in [2.24, 2.45) is 17.8 Å². The zero-order valence-electron chi connectivity index (χ0n) is 20.3. The fourth-order valence-electron chi connectivity index (χ4n) is 5.37. The number of aliphatic carboxylic acids is 1. The molecule has 3 atom stereocenters. The molecule has 1 N–H and O–H groups in total. The summed E-state index contributed by atoms with van der Waals surface area (Å²) in [5.74, 6) is 1.62. The van der Waals surface area contributed by atoms with Crippen LogP contribution in [0.5, 0.6) is 0 Å². The quantitative estimate of drug-likeness (QED) is 0.268. The highest BCUT2D eigenvalue weighted by Crippen LogP contribution is 2.43. The van der Waals surface area contributed by atoms with E-state index in [-0.39, 0.29) is 5.54 Å². The van der Waals surface area contributed by atoms with Crippen LogP contribution in [0.3, 0.4) is 0 Å². The lowest BCUT2D eigenvalue weighted by Gasteiger charge is -2.51. The summed E-state index contributed by atoms with van der Waals surface area (Å²) in [7, 11) is 2.27. The predicted octanol–water partition coefficient (Wildman–Crippen LogP) is 7.53. The van der Waals surface area contributed by atoms with Crippen molar-refractivity contribution in [3.63, 3.8) is 0 Å². The Balaban J connectivity index is 2.44. The zero-order chi connectivity index (χ0) is 21.7. The van der Waals surface area contributed by atoms with Crippen molar-refractivity contribution in [2.45, 2.75) is 130 Å². The van der Waals surface area contributed by atoms with Gasteiger partial charge in [0.2, 0.25) is 0 Å². The molecule has 172 valence electrons. The Hall–Kier alpha value is -0.570. The topological polar surface area (TPSA) is 40.5 Å². The maximum Gasteiger partial charge on any atom is 0.303 e. The first kappa shape index (κ1) is 26.5. The van der Waals surface area contributed by atoms with Crippen LogP contribution in [0, 0.1) is 17.8 Å². The Morgan fingerprint density at radius 1 is 0.966 bits per heavy atom. The average Bonchev–Trinajstić information content (AvgIpc) is 2.67. The number of nitrogens with zero attached hydrogens (tertiary/aromatic N) is 1. The molecule has 1 rings (SSSR count). The summed E-state index contributed by atoms with van der Waals surface area (Å²) in [4.78, 5) is 13.4. The Bertz CT molecular complexity index is 434. The smallest absolute Gasteiger partial charge is 0.303 e. The van der Waals surface area contributed by atoms with Gasteiger partial charge in [-0.1, -0.05) is 90.9 Å². The Morgan fingerprint density at radius 3 is 2.03 bits per heavy atom. The molecule has 0 aliphatic carbocycles. The molecule has 0 radical (unpaired) electrons. The van der Waals surface area contributed by atoms with Gasteiger partial charge in [0.15, 0.2) is 0 Å². The first-order valence-electron chi connectivity index (χ1n) is 12.7. The fourth-order valence-corrected chi connectivity index (χ4v) is 5.37. The van der Waals surface area contributed by atoms with Crippen molar-refractivity contribution in [1.29, 1.82) is 0 Å². The van der Waals surface area contributed by atoms with Crippen molar-refractivity contribution >= 4 is 5.97 Å². The molecule has 0 aromatic carbocycles. The molecule has 1 saturated heterocycles. The molecular formula is C26H51NO2. The highest BCUT2D eigenvalue weighted by Gasteiger charge is 2.41. The zero-order valence-corrected chi connectivity index (χ0v) is 20.3. The van der Waals surface area contributed by atoms with E-state index in [0.717, 1.165) is 24.7 Å². The fraction of sp³-hybridized carbons (Fsp3) is 0.962. The van der Waals surface area contributed by atoms with Gasteiger partial charge in [-0.05, 0) is 58.0 Å². The Labute approximate surface area is 182 Å². The molecular weight excluding hydrogens is 358 g/mol. The molecule has 0 amide bonds. The van der Waals surface area contributed by atoms with Crippen molar-refractivity contribution in [2.75, 3.05) is 13.6 Å². The van der Waals surface area contributed by atoms with Crippen LogP contribution in [0.2, 0.25) is 0 Å². The van der Waals surface area contributed by atoms with Gasteiger partial charge < -0.3 is 10.0 Å². The number of unbranched alkanes of at least 4 members (excludes halogenated alkanes) is 9. The second-order valence-electron chi connectivity index (χ2n) is 10.3. The number of rotatable bonds is 16. The van der Waals surface area contributed by atoms with E-state index in [1.165, 1.54) is 83.6 Å². The minimum atomic E-state index is -0.644. The SMILES string of the molecule is CCCCCCCCCCCC(CCCCC(=O)O)C1CCN(C)C(C)(C)C1C. The summed E-state index contributed by atoms with van der Waals surface area (Å²) in [6.07, 6.45) is 18.6. The Morgan fingerprint density at radius 2 is 1.48 bits per heavy atom. The summed E-state index contributed by atoms with van der Waals surface area (Å²) >= 11 is 0. The van der Waals surface area contributed by atoms with E-state index in [9.17, 15) is 4.79 Å². The van der Waals surface area contributed by atoms with Gasteiger partial charge >= 0.3 is 5.97 Å². The van der Waals surface area contributed by atoms with Crippen LogP contribution >= 0.6 is 0 Å². The molecule has 0 saturated carbocycles. The molecule has 0 aromatic heterocycles. The van der Waals surface area contributed by atoms with Gasteiger partial charge in [0.1, 0.15) is 0 Å².